The maximum absolute atomic E-state index is 12.8. The molecule has 0 amide bonds. The largest absolute Gasteiger partial charge is 0.478 e. The van der Waals surface area contributed by atoms with Gasteiger partial charge < -0.3 is 5.11 Å². The highest BCUT2D eigenvalue weighted by atomic mass is 19.4. The molecule has 14 heteroatoms. The number of halogens is 12. The van der Waals surface area contributed by atoms with Crippen molar-refractivity contribution < 1.29 is 62.6 Å². The number of benzene rings is 1. The van der Waals surface area contributed by atoms with Crippen molar-refractivity contribution in [2.75, 3.05) is 0 Å². The van der Waals surface area contributed by atoms with E-state index in [1.165, 1.54) is 0 Å². The molecule has 0 unspecified atom stereocenters. The Bertz CT molecular complexity index is 689. The van der Waals surface area contributed by atoms with E-state index < -0.39 is 64.6 Å². The first-order valence-corrected chi connectivity index (χ1v) is 5.52. The Kier molecular flexibility index (Phi) is 4.76. The van der Waals surface area contributed by atoms with Crippen LogP contribution in [0, 0.1) is 0 Å². The van der Waals surface area contributed by atoms with Gasteiger partial charge in [-0.05, 0) is 6.07 Å². The van der Waals surface area contributed by atoms with Gasteiger partial charge in [-0.2, -0.15) is 52.7 Å². The van der Waals surface area contributed by atoms with Gasteiger partial charge in [-0.15, -0.1) is 0 Å². The standard InChI is InChI=1S/C11H2F12O2/c12-8(13,14)3-1-2(7(24)25)4(9(15,16)17)6(11(21,22)23)5(3)10(18,19)20/h1H,(H,24,25). The van der Waals surface area contributed by atoms with Crippen molar-refractivity contribution in [3.05, 3.63) is 33.9 Å². The van der Waals surface area contributed by atoms with Gasteiger partial charge in [0, 0.05) is 0 Å². The summed E-state index contributed by atoms with van der Waals surface area (Å²) in [5, 5.41) is 8.49. The first-order valence-electron chi connectivity index (χ1n) is 5.52. The van der Waals surface area contributed by atoms with E-state index in [0.29, 0.717) is 0 Å². The Balaban J connectivity index is 4.36. The quantitative estimate of drug-likeness (QED) is 0.643. The molecule has 0 aliphatic heterocycles. The summed E-state index contributed by atoms with van der Waals surface area (Å²) in [6, 6.07) is -1.12. The van der Waals surface area contributed by atoms with Crippen LogP contribution in [-0.2, 0) is 24.7 Å². The summed E-state index contributed by atoms with van der Waals surface area (Å²) in [6.07, 6.45) is -25.6. The molecule has 0 atom stereocenters. The predicted molar refractivity (Wildman–Crippen MR) is 53.4 cm³/mol. The average molecular weight is 394 g/mol. The second kappa shape index (κ2) is 5.69. The van der Waals surface area contributed by atoms with Gasteiger partial charge in [-0.25, -0.2) is 4.79 Å². The Hall–Kier alpha value is -2.15. The number of rotatable bonds is 1. The van der Waals surface area contributed by atoms with Gasteiger partial charge in [-0.3, -0.25) is 0 Å². The van der Waals surface area contributed by atoms with Crippen molar-refractivity contribution in [2.24, 2.45) is 0 Å². The fourth-order valence-corrected chi connectivity index (χ4v) is 1.95. The fraction of sp³-hybridized carbons (Fsp3) is 0.364. The molecular formula is C11H2F12O2. The van der Waals surface area contributed by atoms with Crippen LogP contribution in [0.2, 0.25) is 0 Å². The maximum Gasteiger partial charge on any atom is 0.417 e. The van der Waals surface area contributed by atoms with E-state index in [9.17, 15) is 57.5 Å². The van der Waals surface area contributed by atoms with Gasteiger partial charge in [0.05, 0.1) is 27.8 Å². The normalized spacial score (nSPS) is 13.9. The molecule has 1 rings (SSSR count). The summed E-state index contributed by atoms with van der Waals surface area (Å²) in [5.41, 5.74) is -16.6. The van der Waals surface area contributed by atoms with Crippen LogP contribution >= 0.6 is 0 Å². The van der Waals surface area contributed by atoms with E-state index in [1.54, 1.807) is 0 Å². The van der Waals surface area contributed by atoms with Crippen molar-refractivity contribution >= 4 is 5.97 Å². The number of carboxylic acid groups (broad SMARTS) is 1. The summed E-state index contributed by atoms with van der Waals surface area (Å²) >= 11 is 0. The molecule has 0 spiro atoms. The summed E-state index contributed by atoms with van der Waals surface area (Å²) in [7, 11) is 0. The molecule has 0 aliphatic carbocycles. The molecule has 1 aromatic carbocycles. The first-order chi connectivity index (χ1) is 10.8. The lowest BCUT2D eigenvalue weighted by Crippen LogP contribution is -2.29. The van der Waals surface area contributed by atoms with Crippen LogP contribution < -0.4 is 0 Å². The zero-order chi connectivity index (χ0) is 20.2. The summed E-state index contributed by atoms with van der Waals surface area (Å²) in [6.45, 7) is 0. The Labute approximate surface area is 128 Å². The predicted octanol–water partition coefficient (Wildman–Crippen LogP) is 5.46. The summed E-state index contributed by atoms with van der Waals surface area (Å²) < 4.78 is 153. The minimum atomic E-state index is -6.58. The molecule has 0 bridgehead atoms. The van der Waals surface area contributed by atoms with E-state index in [0.717, 1.165) is 0 Å². The van der Waals surface area contributed by atoms with Crippen LogP contribution in [0.3, 0.4) is 0 Å². The molecule has 0 aliphatic rings. The lowest BCUT2D eigenvalue weighted by molar-refractivity contribution is -0.182. The van der Waals surface area contributed by atoms with Crippen LogP contribution in [-0.4, -0.2) is 11.1 Å². The highest BCUT2D eigenvalue weighted by Crippen LogP contribution is 2.52. The molecule has 0 radical (unpaired) electrons. The number of carbonyl (C=O) groups is 1. The van der Waals surface area contributed by atoms with E-state index in [-0.39, 0.29) is 0 Å². The van der Waals surface area contributed by atoms with Gasteiger partial charge in [-0.1, -0.05) is 0 Å². The molecule has 142 valence electrons. The molecule has 0 fully saturated rings. The lowest BCUT2D eigenvalue weighted by Gasteiger charge is -2.25. The third-order valence-electron chi connectivity index (χ3n) is 2.71. The highest BCUT2D eigenvalue weighted by molar-refractivity contribution is 5.91. The third kappa shape index (κ3) is 4.10. The van der Waals surface area contributed by atoms with Gasteiger partial charge >= 0.3 is 30.7 Å². The highest BCUT2D eigenvalue weighted by Gasteiger charge is 2.56. The molecule has 0 saturated heterocycles. The van der Waals surface area contributed by atoms with Crippen LogP contribution in [0.1, 0.15) is 32.6 Å². The SMILES string of the molecule is O=C(O)c1cc(C(F)(F)F)c(C(F)(F)F)c(C(F)(F)F)c1C(F)(F)F. The van der Waals surface area contributed by atoms with E-state index >= 15 is 0 Å². The molecule has 0 saturated carbocycles. The Morgan fingerprint density at radius 3 is 1.24 bits per heavy atom. The van der Waals surface area contributed by atoms with Crippen LogP contribution in [0.5, 0.6) is 0 Å². The fourth-order valence-electron chi connectivity index (χ4n) is 1.95. The second-order valence-electron chi connectivity index (χ2n) is 4.39. The molecule has 1 aromatic rings. The smallest absolute Gasteiger partial charge is 0.417 e. The summed E-state index contributed by atoms with van der Waals surface area (Å²) in [5.74, 6) is -2.92. The van der Waals surface area contributed by atoms with Gasteiger partial charge in [0.25, 0.3) is 0 Å². The monoisotopic (exact) mass is 394 g/mol. The molecular weight excluding hydrogens is 392 g/mol. The molecule has 0 heterocycles. The minimum Gasteiger partial charge on any atom is -0.478 e. The molecule has 0 aromatic heterocycles. The third-order valence-corrected chi connectivity index (χ3v) is 2.71. The molecule has 25 heavy (non-hydrogen) atoms. The van der Waals surface area contributed by atoms with Crippen LogP contribution in [0.4, 0.5) is 52.7 Å². The second-order valence-corrected chi connectivity index (χ2v) is 4.39. The van der Waals surface area contributed by atoms with Gasteiger partial charge in [0.2, 0.25) is 0 Å². The van der Waals surface area contributed by atoms with Crippen molar-refractivity contribution in [3.63, 3.8) is 0 Å². The zero-order valence-electron chi connectivity index (χ0n) is 11.0. The number of alkyl halides is 12. The maximum atomic E-state index is 12.8. The summed E-state index contributed by atoms with van der Waals surface area (Å²) in [4.78, 5) is 10.7. The average Bonchev–Trinajstić information content (AvgIpc) is 2.31. The number of hydrogen-bond donors (Lipinski definition) is 1. The van der Waals surface area contributed by atoms with Crippen molar-refractivity contribution in [1.82, 2.24) is 0 Å². The van der Waals surface area contributed by atoms with E-state index in [4.69, 9.17) is 5.11 Å². The van der Waals surface area contributed by atoms with Crippen LogP contribution in [0.15, 0.2) is 6.07 Å². The Morgan fingerprint density at radius 1 is 0.640 bits per heavy atom. The number of aromatic carboxylic acids is 1. The van der Waals surface area contributed by atoms with Crippen molar-refractivity contribution in [1.29, 1.82) is 0 Å². The number of hydrogen-bond acceptors (Lipinski definition) is 1. The Morgan fingerprint density at radius 2 is 1.00 bits per heavy atom. The molecule has 2 nitrogen and oxygen atoms in total. The van der Waals surface area contributed by atoms with Crippen molar-refractivity contribution in [2.45, 2.75) is 24.7 Å². The first kappa shape index (κ1) is 20.9. The zero-order valence-corrected chi connectivity index (χ0v) is 11.0. The molecule has 1 N–H and O–H groups in total. The van der Waals surface area contributed by atoms with Gasteiger partial charge in [0.1, 0.15) is 0 Å². The van der Waals surface area contributed by atoms with Crippen LogP contribution in [0.25, 0.3) is 0 Å². The number of carboxylic acids is 1. The van der Waals surface area contributed by atoms with Crippen molar-refractivity contribution in [3.8, 4) is 0 Å². The van der Waals surface area contributed by atoms with Gasteiger partial charge in [0.15, 0.2) is 0 Å². The van der Waals surface area contributed by atoms with E-state index in [2.05, 4.69) is 0 Å². The topological polar surface area (TPSA) is 37.3 Å². The minimum absolute atomic E-state index is 1.12. The van der Waals surface area contributed by atoms with E-state index in [1.807, 2.05) is 0 Å². The lowest BCUT2D eigenvalue weighted by atomic mass is 9.89.